The van der Waals surface area contributed by atoms with E-state index >= 15 is 0 Å². The molecule has 1 fully saturated rings. The first kappa shape index (κ1) is 23.2. The molecule has 2 heterocycles. The molecule has 6 nitrogen and oxygen atoms in total. The fourth-order valence-electron chi connectivity index (χ4n) is 3.06. The van der Waals surface area contributed by atoms with Crippen LogP contribution in [0.25, 0.3) is 0 Å². The van der Waals surface area contributed by atoms with Gasteiger partial charge < -0.3 is 15.1 Å². The van der Waals surface area contributed by atoms with Crippen LogP contribution in [0.1, 0.15) is 12.5 Å². The molecule has 0 atom stereocenters. The standard InChI is InChI=1S/C20H20ClF3N4O2S/c1-13(29)26-15-2-4-16(5-3-15)31-12-18(30)27-6-8-28(9-7-27)19-17(21)10-14(11-25-19)20(22,23)24/h2-5,10-11H,6-9,12H2,1H3,(H,26,29). The summed E-state index contributed by atoms with van der Waals surface area (Å²) in [6.07, 6.45) is -3.73. The second kappa shape index (κ2) is 9.78. The summed E-state index contributed by atoms with van der Waals surface area (Å²) in [6.45, 7) is 3.16. The van der Waals surface area contributed by atoms with E-state index in [0.717, 1.165) is 17.2 Å². The van der Waals surface area contributed by atoms with Gasteiger partial charge in [0.05, 0.1) is 16.3 Å². The van der Waals surface area contributed by atoms with Crippen molar-refractivity contribution in [2.75, 3.05) is 42.1 Å². The summed E-state index contributed by atoms with van der Waals surface area (Å²) in [5.74, 6) is 0.374. The zero-order valence-electron chi connectivity index (χ0n) is 16.6. The molecule has 1 aromatic heterocycles. The number of carbonyl (C=O) groups is 2. The summed E-state index contributed by atoms with van der Waals surface area (Å²) >= 11 is 7.41. The number of nitrogens with zero attached hydrogens (tertiary/aromatic N) is 3. The Morgan fingerprint density at radius 2 is 1.81 bits per heavy atom. The van der Waals surface area contributed by atoms with Crippen LogP contribution in [-0.4, -0.2) is 53.6 Å². The molecule has 166 valence electrons. The van der Waals surface area contributed by atoms with Crippen LogP contribution < -0.4 is 10.2 Å². The van der Waals surface area contributed by atoms with E-state index in [1.807, 2.05) is 12.1 Å². The molecule has 2 aromatic rings. The van der Waals surface area contributed by atoms with Gasteiger partial charge in [-0.05, 0) is 30.3 Å². The lowest BCUT2D eigenvalue weighted by atomic mass is 10.2. The van der Waals surface area contributed by atoms with E-state index in [1.54, 1.807) is 21.9 Å². The largest absolute Gasteiger partial charge is 0.417 e. The van der Waals surface area contributed by atoms with Crippen LogP contribution in [0.5, 0.6) is 0 Å². The first-order chi connectivity index (χ1) is 14.6. The monoisotopic (exact) mass is 472 g/mol. The lowest BCUT2D eigenvalue weighted by Crippen LogP contribution is -2.49. The van der Waals surface area contributed by atoms with E-state index in [0.29, 0.717) is 31.9 Å². The highest BCUT2D eigenvalue weighted by Gasteiger charge is 2.32. The Balaban J connectivity index is 1.50. The average Bonchev–Trinajstić information content (AvgIpc) is 2.72. The first-order valence-corrected chi connectivity index (χ1v) is 10.8. The molecule has 0 spiro atoms. The van der Waals surface area contributed by atoms with Gasteiger partial charge in [-0.2, -0.15) is 13.2 Å². The van der Waals surface area contributed by atoms with Crippen molar-refractivity contribution in [3.05, 3.63) is 47.1 Å². The van der Waals surface area contributed by atoms with Crippen molar-refractivity contribution >= 4 is 46.7 Å². The number of halogens is 4. The maximum absolute atomic E-state index is 12.8. The van der Waals surface area contributed by atoms with Crippen molar-refractivity contribution < 1.29 is 22.8 Å². The fourth-order valence-corrected chi connectivity index (χ4v) is 4.15. The lowest BCUT2D eigenvalue weighted by molar-refractivity contribution is -0.137. The Labute approximate surface area is 186 Å². The van der Waals surface area contributed by atoms with Crippen LogP contribution in [0.4, 0.5) is 24.7 Å². The number of piperazine rings is 1. The predicted molar refractivity (Wildman–Crippen MR) is 115 cm³/mol. The van der Waals surface area contributed by atoms with E-state index < -0.39 is 11.7 Å². The normalized spacial score (nSPS) is 14.5. The molecule has 0 aliphatic carbocycles. The van der Waals surface area contributed by atoms with Gasteiger partial charge in [0.2, 0.25) is 11.8 Å². The number of thioether (sulfide) groups is 1. The minimum Gasteiger partial charge on any atom is -0.352 e. The molecule has 31 heavy (non-hydrogen) atoms. The van der Waals surface area contributed by atoms with Gasteiger partial charge >= 0.3 is 6.18 Å². The summed E-state index contributed by atoms with van der Waals surface area (Å²) in [6, 6.07) is 8.08. The number of nitrogens with one attached hydrogen (secondary N) is 1. The summed E-state index contributed by atoms with van der Waals surface area (Å²) in [7, 11) is 0. The van der Waals surface area contributed by atoms with E-state index in [9.17, 15) is 22.8 Å². The third kappa shape index (κ3) is 6.27. The topological polar surface area (TPSA) is 65.5 Å². The maximum atomic E-state index is 12.8. The van der Waals surface area contributed by atoms with Gasteiger partial charge in [-0.1, -0.05) is 11.6 Å². The number of benzene rings is 1. The van der Waals surface area contributed by atoms with Crippen molar-refractivity contribution in [1.82, 2.24) is 9.88 Å². The number of rotatable bonds is 5. The molecule has 0 unspecified atom stereocenters. The van der Waals surface area contributed by atoms with Crippen LogP contribution in [-0.2, 0) is 15.8 Å². The summed E-state index contributed by atoms with van der Waals surface area (Å²) < 4.78 is 38.3. The van der Waals surface area contributed by atoms with Crippen LogP contribution in [0.3, 0.4) is 0 Å². The van der Waals surface area contributed by atoms with E-state index in [4.69, 9.17) is 11.6 Å². The van der Waals surface area contributed by atoms with Crippen molar-refractivity contribution in [1.29, 1.82) is 0 Å². The number of alkyl halides is 3. The molecule has 0 saturated carbocycles. The molecule has 1 saturated heterocycles. The maximum Gasteiger partial charge on any atom is 0.417 e. The fraction of sp³-hybridized carbons (Fsp3) is 0.350. The molecule has 1 N–H and O–H groups in total. The summed E-state index contributed by atoms with van der Waals surface area (Å²) in [5, 5.41) is 2.62. The molecule has 0 radical (unpaired) electrons. The van der Waals surface area contributed by atoms with Gasteiger partial charge in [-0.25, -0.2) is 4.98 Å². The molecule has 11 heteroatoms. The number of aromatic nitrogens is 1. The average molecular weight is 473 g/mol. The van der Waals surface area contributed by atoms with Crippen molar-refractivity contribution in [2.24, 2.45) is 0 Å². The molecule has 1 aromatic carbocycles. The van der Waals surface area contributed by atoms with Gasteiger partial charge in [-0.15, -0.1) is 11.8 Å². The minimum atomic E-state index is -4.50. The zero-order chi connectivity index (χ0) is 22.6. The third-order valence-corrected chi connectivity index (χ3v) is 5.89. The van der Waals surface area contributed by atoms with E-state index in [2.05, 4.69) is 10.3 Å². The van der Waals surface area contributed by atoms with Crippen LogP contribution in [0, 0.1) is 0 Å². The molecular formula is C20H20ClF3N4O2S. The van der Waals surface area contributed by atoms with Crippen molar-refractivity contribution in [3.63, 3.8) is 0 Å². The molecule has 2 amide bonds. The number of hydrogen-bond donors (Lipinski definition) is 1. The smallest absolute Gasteiger partial charge is 0.352 e. The van der Waals surface area contributed by atoms with Crippen molar-refractivity contribution in [3.8, 4) is 0 Å². The van der Waals surface area contributed by atoms with Gasteiger partial charge in [-0.3, -0.25) is 9.59 Å². The highest BCUT2D eigenvalue weighted by molar-refractivity contribution is 8.00. The molecule has 1 aliphatic heterocycles. The second-order valence-electron chi connectivity index (χ2n) is 6.89. The summed E-state index contributed by atoms with van der Waals surface area (Å²) in [5.41, 5.74) is -0.202. The lowest BCUT2D eigenvalue weighted by Gasteiger charge is -2.35. The van der Waals surface area contributed by atoms with E-state index in [-0.39, 0.29) is 28.4 Å². The molecule has 3 rings (SSSR count). The van der Waals surface area contributed by atoms with Crippen LogP contribution >= 0.6 is 23.4 Å². The molecule has 1 aliphatic rings. The Morgan fingerprint density at radius 3 is 2.35 bits per heavy atom. The zero-order valence-corrected chi connectivity index (χ0v) is 18.2. The van der Waals surface area contributed by atoms with Gasteiger partial charge in [0, 0.05) is 49.9 Å². The number of pyridine rings is 1. The van der Waals surface area contributed by atoms with Gasteiger partial charge in [0.15, 0.2) is 0 Å². The SMILES string of the molecule is CC(=O)Nc1ccc(SCC(=O)N2CCN(c3ncc(C(F)(F)F)cc3Cl)CC2)cc1. The Morgan fingerprint density at radius 1 is 1.16 bits per heavy atom. The van der Waals surface area contributed by atoms with Crippen molar-refractivity contribution in [2.45, 2.75) is 18.0 Å². The third-order valence-electron chi connectivity index (χ3n) is 4.62. The number of anilines is 2. The second-order valence-corrected chi connectivity index (χ2v) is 8.35. The Bertz CT molecular complexity index is 948. The first-order valence-electron chi connectivity index (χ1n) is 9.39. The number of amides is 2. The Hall–Kier alpha value is -2.46. The van der Waals surface area contributed by atoms with Gasteiger partial charge in [0.1, 0.15) is 5.82 Å². The highest BCUT2D eigenvalue weighted by Crippen LogP contribution is 2.33. The summed E-state index contributed by atoms with van der Waals surface area (Å²) in [4.78, 5) is 31.8. The predicted octanol–water partition coefficient (Wildman–Crippen LogP) is 4.15. The number of carbonyl (C=O) groups excluding carboxylic acids is 2. The molecular weight excluding hydrogens is 453 g/mol. The minimum absolute atomic E-state index is 0.0259. The Kier molecular flexibility index (Phi) is 7.32. The van der Waals surface area contributed by atoms with Crippen LogP contribution in [0.2, 0.25) is 5.02 Å². The highest BCUT2D eigenvalue weighted by atomic mass is 35.5. The van der Waals surface area contributed by atoms with Crippen LogP contribution in [0.15, 0.2) is 41.4 Å². The number of hydrogen-bond acceptors (Lipinski definition) is 5. The van der Waals surface area contributed by atoms with Gasteiger partial charge in [0.25, 0.3) is 0 Å². The van der Waals surface area contributed by atoms with E-state index in [1.165, 1.54) is 18.7 Å². The quantitative estimate of drug-likeness (QED) is 0.662. The molecule has 0 bridgehead atoms.